The molecule has 0 fully saturated rings. The number of benzene rings is 5. The zero-order valence-electron chi connectivity index (χ0n) is 24.6. The maximum atomic E-state index is 6.55. The number of hydrogen-bond acceptors (Lipinski definition) is 6. The van der Waals surface area contributed by atoms with Crippen molar-refractivity contribution < 1.29 is 25.5 Å². The number of aromatic nitrogens is 2. The molecular formula is C38H25N6OPt-3. The monoisotopic (exact) mass is 776 g/mol. The summed E-state index contributed by atoms with van der Waals surface area (Å²) in [5.74, 6) is 0.836. The fraction of sp³-hybridized carbons (Fsp3) is 0.0263. The number of hydrogen-bond donors (Lipinski definition) is 0. The Bertz CT molecular complexity index is 2410. The Morgan fingerprint density at radius 3 is 2.35 bits per heavy atom. The van der Waals surface area contributed by atoms with Crippen LogP contribution in [0.25, 0.3) is 49.6 Å². The summed E-state index contributed by atoms with van der Waals surface area (Å²) < 4.78 is 8.73. The van der Waals surface area contributed by atoms with E-state index in [0.717, 1.165) is 72.3 Å². The third-order valence-corrected chi connectivity index (χ3v) is 8.21. The molecule has 0 unspecified atom stereocenters. The Balaban J connectivity index is 0.00000312. The second-order valence-corrected chi connectivity index (χ2v) is 11.0. The number of nitrogens with zero attached hydrogens (tertiary/aromatic N) is 6. The number of pyridine rings is 1. The van der Waals surface area contributed by atoms with Gasteiger partial charge in [-0.2, -0.15) is 17.2 Å². The maximum Gasteiger partial charge on any atom is 0.159 e. The van der Waals surface area contributed by atoms with Crippen molar-refractivity contribution in [1.29, 1.82) is 0 Å². The average molecular weight is 777 g/mol. The molecule has 0 saturated heterocycles. The summed E-state index contributed by atoms with van der Waals surface area (Å²) in [6.45, 7) is 1.92. The van der Waals surface area contributed by atoms with Crippen molar-refractivity contribution in [3.8, 4) is 5.82 Å². The van der Waals surface area contributed by atoms with Gasteiger partial charge in [-0.3, -0.25) is 0 Å². The Hall–Kier alpha value is -5.39. The van der Waals surface area contributed by atoms with Gasteiger partial charge in [0.05, 0.1) is 12.0 Å². The molecule has 8 heteroatoms. The standard InChI is InChI=1S/C38H25N6O.Pt/c1-41-24-40-42(25-41)26-10-8-11-27(22-26)43(34-16-9-14-32-31-13-3-5-17-36(31)45-38(32)34)28-19-20-30-29-12-2-4-15-33(29)44(35(30)23-28)37-18-6-7-21-39-37;/h2-21,24-25H,1H3;/q-3;. The summed E-state index contributed by atoms with van der Waals surface area (Å²) in [5, 5.41) is 10.7. The number of hydrazone groups is 1. The summed E-state index contributed by atoms with van der Waals surface area (Å²) in [7, 11) is 1.95. The van der Waals surface area contributed by atoms with Gasteiger partial charge in [-0.25, -0.2) is 4.98 Å². The molecule has 3 aromatic heterocycles. The minimum atomic E-state index is 0. The Morgan fingerprint density at radius 2 is 1.50 bits per heavy atom. The molecule has 0 saturated carbocycles. The van der Waals surface area contributed by atoms with Crippen LogP contribution in [0.3, 0.4) is 0 Å². The number of furan rings is 1. The Morgan fingerprint density at radius 1 is 0.717 bits per heavy atom. The summed E-state index contributed by atoms with van der Waals surface area (Å²) in [6.07, 6.45) is 3.59. The van der Waals surface area contributed by atoms with Crippen LogP contribution in [0.15, 0.2) is 131 Å². The fourth-order valence-electron chi connectivity index (χ4n) is 6.24. The fourth-order valence-corrected chi connectivity index (χ4v) is 6.24. The van der Waals surface area contributed by atoms with E-state index in [-0.39, 0.29) is 21.1 Å². The molecule has 9 rings (SSSR count). The SMILES string of the molecule is CN1C=NN(c2[c-]c(N(c3[c-]c4c(cc3)c3ccccc3n4-c3ccccn3)c3cccc4c3oc3ccccc34)ccc2)[CH-]1.[Pt]. The zero-order valence-corrected chi connectivity index (χ0v) is 26.9. The number of fused-ring (bicyclic) bond motifs is 6. The smallest absolute Gasteiger partial charge is 0.159 e. The van der Waals surface area contributed by atoms with E-state index in [1.54, 1.807) is 6.34 Å². The molecule has 0 radical (unpaired) electrons. The van der Waals surface area contributed by atoms with Gasteiger partial charge < -0.3 is 23.8 Å². The van der Waals surface area contributed by atoms with E-state index in [1.807, 2.05) is 78.4 Å². The minimum absolute atomic E-state index is 0. The second kappa shape index (κ2) is 11.2. The molecule has 8 aromatic rings. The third kappa shape index (κ3) is 4.46. The first kappa shape index (κ1) is 28.1. The van der Waals surface area contributed by atoms with Gasteiger partial charge >= 0.3 is 0 Å². The van der Waals surface area contributed by atoms with Crippen LogP contribution >= 0.6 is 0 Å². The van der Waals surface area contributed by atoms with Crippen molar-refractivity contribution in [2.75, 3.05) is 17.0 Å². The van der Waals surface area contributed by atoms with Gasteiger partial charge in [0, 0.05) is 43.6 Å². The number of anilines is 4. The summed E-state index contributed by atoms with van der Waals surface area (Å²) in [6, 6.07) is 46.6. The van der Waals surface area contributed by atoms with E-state index in [2.05, 4.69) is 93.4 Å². The molecule has 0 spiro atoms. The molecule has 7 nitrogen and oxygen atoms in total. The first-order chi connectivity index (χ1) is 22.2. The normalized spacial score (nSPS) is 12.9. The van der Waals surface area contributed by atoms with E-state index in [0.29, 0.717) is 0 Å². The first-order valence-electron chi connectivity index (χ1n) is 14.7. The molecule has 0 atom stereocenters. The maximum absolute atomic E-state index is 6.55. The predicted octanol–water partition coefficient (Wildman–Crippen LogP) is 8.96. The molecule has 1 aliphatic rings. The van der Waals surface area contributed by atoms with E-state index in [4.69, 9.17) is 9.40 Å². The van der Waals surface area contributed by atoms with Gasteiger partial charge in [-0.15, -0.1) is 42.4 Å². The number of para-hydroxylation sites is 3. The van der Waals surface area contributed by atoms with E-state index in [9.17, 15) is 0 Å². The first-order valence-corrected chi connectivity index (χ1v) is 14.7. The Kier molecular flexibility index (Phi) is 6.84. The molecule has 0 amide bonds. The molecule has 4 heterocycles. The van der Waals surface area contributed by atoms with Crippen molar-refractivity contribution in [1.82, 2.24) is 14.5 Å². The van der Waals surface area contributed by atoms with Crippen molar-refractivity contribution in [2.45, 2.75) is 0 Å². The van der Waals surface area contributed by atoms with Crippen LogP contribution < -0.4 is 9.91 Å². The average Bonchev–Trinajstić information content (AvgIpc) is 3.79. The molecule has 0 bridgehead atoms. The van der Waals surface area contributed by atoms with E-state index >= 15 is 0 Å². The molecule has 5 aromatic carbocycles. The number of rotatable bonds is 5. The van der Waals surface area contributed by atoms with E-state index in [1.165, 1.54) is 0 Å². The van der Waals surface area contributed by atoms with Crippen molar-refractivity contribution in [3.63, 3.8) is 0 Å². The van der Waals surface area contributed by atoms with Crippen LogP contribution in [-0.4, -0.2) is 27.8 Å². The van der Waals surface area contributed by atoms with Crippen LogP contribution in [0.1, 0.15) is 0 Å². The van der Waals surface area contributed by atoms with Crippen molar-refractivity contribution in [3.05, 3.63) is 140 Å². The predicted molar refractivity (Wildman–Crippen MR) is 181 cm³/mol. The molecular weight excluding hydrogens is 752 g/mol. The van der Waals surface area contributed by atoms with Crippen LogP contribution in [0.4, 0.5) is 22.7 Å². The van der Waals surface area contributed by atoms with Gasteiger partial charge in [0.1, 0.15) is 11.4 Å². The zero-order chi connectivity index (χ0) is 29.9. The second-order valence-electron chi connectivity index (χ2n) is 11.0. The topological polar surface area (TPSA) is 53.0 Å². The third-order valence-electron chi connectivity index (χ3n) is 8.21. The summed E-state index contributed by atoms with van der Waals surface area (Å²) in [4.78, 5) is 8.79. The molecule has 46 heavy (non-hydrogen) atoms. The van der Waals surface area contributed by atoms with Crippen molar-refractivity contribution >= 4 is 72.8 Å². The van der Waals surface area contributed by atoms with Crippen LogP contribution in [0.2, 0.25) is 0 Å². The van der Waals surface area contributed by atoms with Crippen molar-refractivity contribution in [2.24, 2.45) is 5.10 Å². The van der Waals surface area contributed by atoms with E-state index < -0.39 is 0 Å². The molecule has 1 aliphatic heterocycles. The van der Waals surface area contributed by atoms with Gasteiger partial charge in [0.15, 0.2) is 5.58 Å². The van der Waals surface area contributed by atoms with Crippen LogP contribution in [0, 0.1) is 18.8 Å². The molecule has 226 valence electrons. The minimum Gasteiger partial charge on any atom is -0.493 e. The Labute approximate surface area is 279 Å². The largest absolute Gasteiger partial charge is 0.493 e. The molecule has 0 N–H and O–H groups in total. The van der Waals surface area contributed by atoms with Gasteiger partial charge in [0.2, 0.25) is 0 Å². The van der Waals surface area contributed by atoms with Crippen LogP contribution in [0.5, 0.6) is 0 Å². The van der Waals surface area contributed by atoms with Gasteiger partial charge in [-0.1, -0.05) is 77.2 Å². The van der Waals surface area contributed by atoms with Crippen LogP contribution in [-0.2, 0) is 21.1 Å². The van der Waals surface area contributed by atoms with Gasteiger partial charge in [0.25, 0.3) is 0 Å². The van der Waals surface area contributed by atoms with Gasteiger partial charge in [-0.05, 0) is 42.8 Å². The summed E-state index contributed by atoms with van der Waals surface area (Å²) in [5.41, 5.74) is 7.02. The summed E-state index contributed by atoms with van der Waals surface area (Å²) >= 11 is 0. The quantitative estimate of drug-likeness (QED) is 0.164. The molecule has 0 aliphatic carbocycles.